The lowest BCUT2D eigenvalue weighted by molar-refractivity contribution is 0.414. The van der Waals surface area contributed by atoms with Crippen molar-refractivity contribution >= 4 is 31.3 Å². The van der Waals surface area contributed by atoms with Gasteiger partial charge in [-0.05, 0) is 42.0 Å². The fourth-order valence-electron chi connectivity index (χ4n) is 3.10. The first kappa shape index (κ1) is 20.1. The maximum absolute atomic E-state index is 13.0. The molecule has 9 heteroatoms. The van der Waals surface area contributed by atoms with E-state index in [2.05, 4.69) is 5.32 Å². The number of hydrogen-bond acceptors (Lipinski definition) is 6. The quantitative estimate of drug-likeness (QED) is 0.756. The number of sulfone groups is 2. The number of nitrogens with one attached hydrogen (secondary N) is 1. The summed E-state index contributed by atoms with van der Waals surface area (Å²) in [6.07, 6.45) is 0. The molecule has 0 radical (unpaired) electrons. The Morgan fingerprint density at radius 1 is 1.07 bits per heavy atom. The molecule has 2 aromatic rings. The van der Waals surface area contributed by atoms with Crippen molar-refractivity contribution in [2.45, 2.75) is 22.7 Å². The molecule has 1 saturated heterocycles. The minimum absolute atomic E-state index is 0.0868. The molecule has 1 N–H and O–H groups in total. The summed E-state index contributed by atoms with van der Waals surface area (Å²) in [4.78, 5) is 0.0868. The first-order valence-corrected chi connectivity index (χ1v) is 12.0. The highest BCUT2D eigenvalue weighted by Gasteiger charge is 2.45. The summed E-state index contributed by atoms with van der Waals surface area (Å²) in [6.45, 7) is 0.353. The summed E-state index contributed by atoms with van der Waals surface area (Å²) >= 11 is 5.86. The highest BCUT2D eigenvalue weighted by molar-refractivity contribution is 7.96. The Bertz CT molecular complexity index is 1000. The van der Waals surface area contributed by atoms with Gasteiger partial charge in [0.25, 0.3) is 0 Å². The number of hydrogen-bond donors (Lipinski definition) is 1. The minimum atomic E-state index is -3.81. The largest absolute Gasteiger partial charge is 0.497 e. The standard InChI is InChI=1S/C18H20ClNO5S2/c1-25-15-6-8-16(9-7-15)27(23,24)18-12-26(21,22)11-17(18)20-10-13-2-4-14(19)5-3-13/h2-9,17-18,20H,10-12H2,1H3. The SMILES string of the molecule is COc1ccc(S(=O)(=O)C2CS(=O)(=O)CC2NCc2ccc(Cl)cc2)cc1. The topological polar surface area (TPSA) is 89.5 Å². The average molecular weight is 430 g/mol. The molecule has 0 aliphatic carbocycles. The lowest BCUT2D eigenvalue weighted by Crippen LogP contribution is -2.43. The highest BCUT2D eigenvalue weighted by atomic mass is 35.5. The number of rotatable bonds is 6. The van der Waals surface area contributed by atoms with E-state index >= 15 is 0 Å². The molecule has 0 amide bonds. The molecule has 1 aliphatic rings. The van der Waals surface area contributed by atoms with Crippen LogP contribution in [0.1, 0.15) is 5.56 Å². The van der Waals surface area contributed by atoms with E-state index in [1.54, 1.807) is 24.3 Å². The van der Waals surface area contributed by atoms with E-state index in [1.165, 1.54) is 19.2 Å². The number of methoxy groups -OCH3 is 1. The van der Waals surface area contributed by atoms with Crippen LogP contribution in [0.2, 0.25) is 5.02 Å². The predicted molar refractivity (Wildman–Crippen MR) is 105 cm³/mol. The summed E-state index contributed by atoms with van der Waals surface area (Å²) in [6, 6.07) is 12.4. The van der Waals surface area contributed by atoms with Crippen molar-refractivity contribution in [2.75, 3.05) is 18.6 Å². The van der Waals surface area contributed by atoms with Crippen molar-refractivity contribution in [3.63, 3.8) is 0 Å². The van der Waals surface area contributed by atoms with E-state index in [0.717, 1.165) is 5.56 Å². The van der Waals surface area contributed by atoms with E-state index in [9.17, 15) is 16.8 Å². The maximum Gasteiger partial charge on any atom is 0.183 e. The van der Waals surface area contributed by atoms with E-state index in [4.69, 9.17) is 16.3 Å². The third kappa shape index (κ3) is 4.63. The summed E-state index contributed by atoms with van der Waals surface area (Å²) in [7, 11) is -5.77. The molecule has 0 aromatic heterocycles. The van der Waals surface area contributed by atoms with Crippen LogP contribution in [-0.2, 0) is 26.2 Å². The van der Waals surface area contributed by atoms with Gasteiger partial charge in [-0.2, -0.15) is 0 Å². The smallest absolute Gasteiger partial charge is 0.183 e. The normalized spacial score (nSPS) is 21.9. The van der Waals surface area contributed by atoms with Crippen LogP contribution >= 0.6 is 11.6 Å². The molecule has 0 saturated carbocycles. The van der Waals surface area contributed by atoms with Crippen LogP contribution in [0.4, 0.5) is 0 Å². The lowest BCUT2D eigenvalue weighted by Gasteiger charge is -2.20. The molecule has 2 aromatic carbocycles. The maximum atomic E-state index is 13.0. The third-order valence-corrected chi connectivity index (χ3v) is 8.99. The number of ether oxygens (including phenoxy) is 1. The van der Waals surface area contributed by atoms with Crippen LogP contribution < -0.4 is 10.1 Å². The van der Waals surface area contributed by atoms with Crippen molar-refractivity contribution in [3.05, 3.63) is 59.1 Å². The van der Waals surface area contributed by atoms with Crippen molar-refractivity contribution in [2.24, 2.45) is 0 Å². The van der Waals surface area contributed by atoms with Crippen molar-refractivity contribution in [1.29, 1.82) is 0 Å². The van der Waals surface area contributed by atoms with E-state index in [1.807, 2.05) is 12.1 Å². The molecule has 2 atom stereocenters. The zero-order valence-corrected chi connectivity index (χ0v) is 17.0. The lowest BCUT2D eigenvalue weighted by atomic mass is 10.2. The molecule has 3 rings (SSSR count). The monoisotopic (exact) mass is 429 g/mol. The zero-order valence-electron chi connectivity index (χ0n) is 14.6. The zero-order chi connectivity index (χ0) is 19.7. The van der Waals surface area contributed by atoms with E-state index < -0.39 is 31.0 Å². The van der Waals surface area contributed by atoms with Gasteiger partial charge in [-0.3, -0.25) is 0 Å². The van der Waals surface area contributed by atoms with Gasteiger partial charge in [0.2, 0.25) is 0 Å². The molecule has 27 heavy (non-hydrogen) atoms. The van der Waals surface area contributed by atoms with Gasteiger partial charge in [0.1, 0.15) is 5.75 Å². The third-order valence-electron chi connectivity index (χ3n) is 4.57. The molecule has 146 valence electrons. The molecule has 2 unspecified atom stereocenters. The summed E-state index contributed by atoms with van der Waals surface area (Å²) in [5.41, 5.74) is 0.893. The van der Waals surface area contributed by atoms with Crippen LogP contribution in [0.25, 0.3) is 0 Å². The second-order valence-electron chi connectivity index (χ2n) is 6.45. The van der Waals surface area contributed by atoms with Gasteiger partial charge in [-0.15, -0.1) is 0 Å². The fourth-order valence-corrected chi connectivity index (χ4v) is 7.95. The molecule has 1 fully saturated rings. The Kier molecular flexibility index (Phi) is 5.81. The van der Waals surface area contributed by atoms with Gasteiger partial charge >= 0.3 is 0 Å². The molecular formula is C18H20ClNO5S2. The Balaban J connectivity index is 1.82. The molecule has 6 nitrogen and oxygen atoms in total. The summed E-state index contributed by atoms with van der Waals surface area (Å²) in [5, 5.41) is 2.66. The predicted octanol–water partition coefficient (Wildman–Crippen LogP) is 2.08. The Labute approximate surface area is 164 Å². The Hall–Kier alpha value is -1.61. The van der Waals surface area contributed by atoms with Crippen molar-refractivity contribution in [1.82, 2.24) is 5.32 Å². The summed E-state index contributed by atoms with van der Waals surface area (Å²) < 4.78 is 55.4. The van der Waals surface area contributed by atoms with E-state index in [-0.39, 0.29) is 16.4 Å². The average Bonchev–Trinajstić information content (AvgIpc) is 2.97. The van der Waals surface area contributed by atoms with Crippen LogP contribution in [0.3, 0.4) is 0 Å². The highest BCUT2D eigenvalue weighted by Crippen LogP contribution is 2.27. The first-order valence-electron chi connectivity index (χ1n) is 8.27. The molecule has 1 aliphatic heterocycles. The number of benzene rings is 2. The summed E-state index contributed by atoms with van der Waals surface area (Å²) in [5.74, 6) is -0.0642. The second-order valence-corrected chi connectivity index (χ2v) is 11.2. The molecular weight excluding hydrogens is 410 g/mol. The van der Waals surface area contributed by atoms with Crippen LogP contribution in [-0.4, -0.2) is 46.7 Å². The molecule has 0 bridgehead atoms. The van der Waals surface area contributed by atoms with Gasteiger partial charge < -0.3 is 10.1 Å². The van der Waals surface area contributed by atoms with Gasteiger partial charge in [-0.25, -0.2) is 16.8 Å². The Morgan fingerprint density at radius 3 is 2.30 bits per heavy atom. The van der Waals surface area contributed by atoms with E-state index in [0.29, 0.717) is 17.3 Å². The van der Waals surface area contributed by atoms with Gasteiger partial charge in [0.05, 0.1) is 28.8 Å². The van der Waals surface area contributed by atoms with Gasteiger partial charge in [-0.1, -0.05) is 23.7 Å². The fraction of sp³-hybridized carbons (Fsp3) is 0.333. The minimum Gasteiger partial charge on any atom is -0.497 e. The second kappa shape index (κ2) is 7.79. The van der Waals surface area contributed by atoms with Gasteiger partial charge in [0.15, 0.2) is 19.7 Å². The van der Waals surface area contributed by atoms with Crippen molar-refractivity contribution in [3.8, 4) is 5.75 Å². The van der Waals surface area contributed by atoms with Crippen LogP contribution in [0.15, 0.2) is 53.4 Å². The van der Waals surface area contributed by atoms with Crippen LogP contribution in [0.5, 0.6) is 5.75 Å². The van der Waals surface area contributed by atoms with Crippen LogP contribution in [0, 0.1) is 0 Å². The van der Waals surface area contributed by atoms with Gasteiger partial charge in [0, 0.05) is 17.6 Å². The molecule has 0 spiro atoms. The number of halogens is 1. The van der Waals surface area contributed by atoms with Crippen molar-refractivity contribution < 1.29 is 21.6 Å². The first-order chi connectivity index (χ1) is 12.7. The Morgan fingerprint density at radius 2 is 1.70 bits per heavy atom. The molecule has 1 heterocycles.